The maximum atomic E-state index is 13.0. The average Bonchev–Trinajstić information content (AvgIpc) is 3.38. The van der Waals surface area contributed by atoms with Crippen LogP contribution in [0.15, 0.2) is 170 Å². The van der Waals surface area contributed by atoms with Gasteiger partial charge in [0, 0.05) is 12.8 Å². The third-order valence-electron chi connectivity index (χ3n) is 15.5. The molecule has 0 aromatic heterocycles. The highest BCUT2D eigenvalue weighted by Crippen LogP contribution is 2.17. The van der Waals surface area contributed by atoms with Gasteiger partial charge >= 0.3 is 17.9 Å². The van der Waals surface area contributed by atoms with Crippen molar-refractivity contribution in [3.8, 4) is 0 Å². The first kappa shape index (κ1) is 87.7. The van der Waals surface area contributed by atoms with Crippen LogP contribution in [0.3, 0.4) is 0 Å². The normalized spacial score (nSPS) is 13.7. The molecule has 9 nitrogen and oxygen atoms in total. The second kappa shape index (κ2) is 72.5. The van der Waals surface area contributed by atoms with Crippen LogP contribution in [0, 0.1) is 0 Å². The highest BCUT2D eigenvalue weighted by Gasteiger charge is 2.25. The number of carboxylic acid groups (broad SMARTS) is 1. The summed E-state index contributed by atoms with van der Waals surface area (Å²) in [5, 5.41) is 9.76. The number of carbonyl (C=O) groups excluding carboxylic acids is 2. The first-order valence-electron chi connectivity index (χ1n) is 37.3. The van der Waals surface area contributed by atoms with E-state index in [1.807, 2.05) is 21.1 Å². The summed E-state index contributed by atoms with van der Waals surface area (Å²) >= 11 is 0. The Labute approximate surface area is 571 Å². The van der Waals surface area contributed by atoms with Crippen LogP contribution in [0.4, 0.5) is 0 Å². The molecular formula is C84H138NO8+. The van der Waals surface area contributed by atoms with E-state index in [1.165, 1.54) is 116 Å². The molecule has 0 bridgehead atoms. The topological polar surface area (TPSA) is 108 Å². The third-order valence-corrected chi connectivity index (χ3v) is 15.5. The molecule has 0 amide bonds. The Balaban J connectivity index is 4.14. The van der Waals surface area contributed by atoms with Crippen molar-refractivity contribution in [1.29, 1.82) is 0 Å². The van der Waals surface area contributed by atoms with Crippen molar-refractivity contribution in [1.82, 2.24) is 0 Å². The predicted molar refractivity (Wildman–Crippen MR) is 400 cm³/mol. The molecule has 0 spiro atoms. The van der Waals surface area contributed by atoms with Gasteiger partial charge in [0.1, 0.15) is 13.2 Å². The van der Waals surface area contributed by atoms with Gasteiger partial charge in [0.25, 0.3) is 6.29 Å². The number of esters is 2. The first-order chi connectivity index (χ1) is 45.6. The lowest BCUT2D eigenvalue weighted by Gasteiger charge is -2.25. The molecule has 2 unspecified atom stereocenters. The lowest BCUT2D eigenvalue weighted by atomic mass is 10.0. The van der Waals surface area contributed by atoms with E-state index in [9.17, 15) is 19.5 Å². The molecule has 0 aromatic rings. The molecule has 526 valence electrons. The molecule has 93 heavy (non-hydrogen) atoms. The Kier molecular flexibility index (Phi) is 68.3. The molecule has 0 aliphatic heterocycles. The zero-order chi connectivity index (χ0) is 67.5. The Morgan fingerprint density at radius 3 is 0.860 bits per heavy atom. The summed E-state index contributed by atoms with van der Waals surface area (Å²) in [7, 11) is 5.97. The lowest BCUT2D eigenvalue weighted by molar-refractivity contribution is -0.870. The van der Waals surface area contributed by atoms with Crippen molar-refractivity contribution < 1.29 is 42.9 Å². The Morgan fingerprint density at radius 1 is 0.323 bits per heavy atom. The van der Waals surface area contributed by atoms with Gasteiger partial charge < -0.3 is 28.5 Å². The van der Waals surface area contributed by atoms with Gasteiger partial charge in [-0.05, 0) is 128 Å². The molecule has 0 rings (SSSR count). The Bertz CT molecular complexity index is 2140. The number of quaternary nitrogens is 1. The van der Waals surface area contributed by atoms with Gasteiger partial charge in [-0.3, -0.25) is 9.59 Å². The fourth-order valence-corrected chi connectivity index (χ4v) is 9.86. The van der Waals surface area contributed by atoms with Gasteiger partial charge in [-0.25, -0.2) is 4.79 Å². The molecule has 0 radical (unpaired) electrons. The number of hydrogen-bond acceptors (Lipinski definition) is 7. The van der Waals surface area contributed by atoms with E-state index in [-0.39, 0.29) is 32.2 Å². The van der Waals surface area contributed by atoms with Crippen LogP contribution in [-0.2, 0) is 33.3 Å². The molecule has 2 atom stereocenters. The highest BCUT2D eigenvalue weighted by molar-refractivity contribution is 5.71. The number of rotatable bonds is 67. The first-order valence-corrected chi connectivity index (χ1v) is 37.3. The van der Waals surface area contributed by atoms with Gasteiger partial charge in [0.05, 0.1) is 34.4 Å². The number of carbonyl (C=O) groups is 3. The van der Waals surface area contributed by atoms with E-state index in [4.69, 9.17) is 18.9 Å². The molecule has 9 heteroatoms. The standard InChI is InChI=1S/C84H137NO8/c1-6-8-10-12-14-16-18-20-22-24-26-28-30-32-34-36-37-38-39-40-41-42-43-44-45-47-49-51-53-55-57-59-61-63-65-67-69-71-73-75-82(87)93-80(79-92-84(83(88)89)90-77-76-85(3,4)5)78-91-81(86)74-72-70-68-66-64-62-60-58-56-54-52-50-48-46-35-33-31-29-27-25-23-21-19-17-15-13-11-9-7-2/h8-11,14-17,20-23,26-29,32-35,37-38,40-41,43-44,47,49,80,84H,6-7,12-13,18-19,24-25,30-31,36,39,42,45-46,48,50-79H2,1-5H3/p+1/b10-8-,11-9-,16-14-,17-15-,22-20-,23-21-,28-26-,29-27-,34-32-,35-33-,38-37-,41-40-,44-43-,49-47-. The number of aliphatic carboxylic acids is 1. The maximum absolute atomic E-state index is 13.0. The fourth-order valence-electron chi connectivity index (χ4n) is 9.86. The number of unbranched alkanes of at least 4 members (excludes halogenated alkanes) is 24. The number of allylic oxidation sites excluding steroid dienone is 28. The van der Waals surface area contributed by atoms with Gasteiger partial charge in [-0.2, -0.15) is 0 Å². The van der Waals surface area contributed by atoms with Crippen LogP contribution in [0.2, 0.25) is 0 Å². The monoisotopic (exact) mass is 1290 g/mol. The van der Waals surface area contributed by atoms with Crippen LogP contribution < -0.4 is 0 Å². The number of carboxylic acids is 1. The van der Waals surface area contributed by atoms with E-state index in [0.717, 1.165) is 135 Å². The average molecular weight is 1290 g/mol. The number of hydrogen-bond donors (Lipinski definition) is 1. The molecule has 0 heterocycles. The molecular weight excluding hydrogens is 1150 g/mol. The minimum atomic E-state index is -1.52. The van der Waals surface area contributed by atoms with Gasteiger partial charge in [0.15, 0.2) is 6.10 Å². The van der Waals surface area contributed by atoms with Crippen LogP contribution >= 0.6 is 0 Å². The summed E-state index contributed by atoms with van der Waals surface area (Å²) in [6, 6.07) is 0. The van der Waals surface area contributed by atoms with E-state index in [0.29, 0.717) is 23.9 Å². The SMILES string of the molecule is CC/C=C\C/C=C\C/C=C\C/C=C\C/C=C\C/C=C\C/C=C\C/C=C\C/C=C\CCCCCCCCCCCCCC(=O)OC(COC(=O)CCCCCCCCCCCCCCC/C=C\C/C=C\C/C=C\C/C=C\C/C=C\CC)COC(OCC[N+](C)(C)C)C(=O)O. The smallest absolute Gasteiger partial charge is 0.361 e. The highest BCUT2D eigenvalue weighted by atomic mass is 16.7. The molecule has 0 aliphatic carbocycles. The van der Waals surface area contributed by atoms with E-state index in [2.05, 4.69) is 184 Å². The number of nitrogens with zero attached hydrogens (tertiary/aromatic N) is 1. The quantitative estimate of drug-likeness (QED) is 0.0211. The summed E-state index contributed by atoms with van der Waals surface area (Å²) in [4.78, 5) is 37.7. The van der Waals surface area contributed by atoms with Gasteiger partial charge in [-0.15, -0.1) is 0 Å². The largest absolute Gasteiger partial charge is 0.477 e. The molecule has 0 fully saturated rings. The van der Waals surface area contributed by atoms with Crippen molar-refractivity contribution in [2.75, 3.05) is 47.5 Å². The Hall–Kier alpha value is -5.35. The summed E-state index contributed by atoms with van der Waals surface area (Å²) in [6.45, 7) is 4.65. The van der Waals surface area contributed by atoms with Crippen LogP contribution in [0.1, 0.15) is 284 Å². The van der Waals surface area contributed by atoms with E-state index in [1.54, 1.807) is 0 Å². The molecule has 0 aromatic carbocycles. The zero-order valence-corrected chi connectivity index (χ0v) is 60.1. The minimum absolute atomic E-state index is 0.180. The second-order valence-electron chi connectivity index (χ2n) is 25.5. The van der Waals surface area contributed by atoms with Crippen molar-refractivity contribution in [2.45, 2.75) is 296 Å². The fraction of sp³-hybridized carbons (Fsp3) is 0.631. The Morgan fingerprint density at radius 2 is 0.581 bits per heavy atom. The number of ether oxygens (including phenoxy) is 4. The molecule has 0 saturated heterocycles. The van der Waals surface area contributed by atoms with Crippen molar-refractivity contribution in [2.24, 2.45) is 0 Å². The summed E-state index contributed by atoms with van der Waals surface area (Å²) in [6.07, 6.45) is 106. The van der Waals surface area contributed by atoms with Crippen molar-refractivity contribution in [3.63, 3.8) is 0 Å². The molecule has 0 saturated carbocycles. The van der Waals surface area contributed by atoms with Crippen molar-refractivity contribution in [3.05, 3.63) is 170 Å². The van der Waals surface area contributed by atoms with Crippen LogP contribution in [0.25, 0.3) is 0 Å². The van der Waals surface area contributed by atoms with Gasteiger partial charge in [0.2, 0.25) is 0 Å². The summed E-state index contributed by atoms with van der Waals surface area (Å²) in [5.74, 6) is -2.02. The summed E-state index contributed by atoms with van der Waals surface area (Å²) < 4.78 is 23.0. The second-order valence-corrected chi connectivity index (χ2v) is 25.5. The minimum Gasteiger partial charge on any atom is -0.477 e. The van der Waals surface area contributed by atoms with Crippen LogP contribution in [0.5, 0.6) is 0 Å². The lowest BCUT2D eigenvalue weighted by Crippen LogP contribution is -2.40. The van der Waals surface area contributed by atoms with Gasteiger partial charge in [-0.1, -0.05) is 312 Å². The number of likely N-dealkylation sites (N-methyl/N-ethyl adjacent to an activating group) is 1. The molecule has 0 aliphatic rings. The van der Waals surface area contributed by atoms with Crippen molar-refractivity contribution >= 4 is 17.9 Å². The zero-order valence-electron chi connectivity index (χ0n) is 60.1. The third kappa shape index (κ3) is 73.9. The summed E-state index contributed by atoms with van der Waals surface area (Å²) in [5.41, 5.74) is 0. The maximum Gasteiger partial charge on any atom is 0.361 e. The predicted octanol–water partition coefficient (Wildman–Crippen LogP) is 23.8. The van der Waals surface area contributed by atoms with E-state index < -0.39 is 24.3 Å². The van der Waals surface area contributed by atoms with Crippen LogP contribution in [-0.4, -0.2) is 87.4 Å². The molecule has 1 N–H and O–H groups in total. The van der Waals surface area contributed by atoms with E-state index >= 15 is 0 Å².